The fraction of sp³-hybridized carbons (Fsp3) is 0.562. The first-order chi connectivity index (χ1) is 9.46. The summed E-state index contributed by atoms with van der Waals surface area (Å²) in [5.41, 5.74) is 3.86. The number of cyclic esters (lactones) is 1. The van der Waals surface area contributed by atoms with Crippen molar-refractivity contribution in [1.29, 1.82) is 0 Å². The SMILES string of the molecule is CC1(C)CC(=O)c2c(nc3c(c2C2CC2)C(=O)OC3)C1. The molecule has 2 heterocycles. The largest absolute Gasteiger partial charge is 0.455 e. The molecule has 20 heavy (non-hydrogen) atoms. The van der Waals surface area contributed by atoms with Crippen LogP contribution >= 0.6 is 0 Å². The summed E-state index contributed by atoms with van der Waals surface area (Å²) in [6.45, 7) is 4.46. The maximum atomic E-state index is 12.6. The summed E-state index contributed by atoms with van der Waals surface area (Å²) < 4.78 is 5.14. The van der Waals surface area contributed by atoms with Crippen LogP contribution in [0.3, 0.4) is 0 Å². The normalized spacial score (nSPS) is 23.3. The van der Waals surface area contributed by atoms with Crippen LogP contribution in [0.2, 0.25) is 0 Å². The molecular weight excluding hydrogens is 254 g/mol. The molecule has 0 N–H and O–H groups in total. The van der Waals surface area contributed by atoms with Crippen molar-refractivity contribution in [2.45, 2.75) is 52.1 Å². The fourth-order valence-electron chi connectivity index (χ4n) is 3.51. The van der Waals surface area contributed by atoms with Gasteiger partial charge in [0, 0.05) is 12.0 Å². The van der Waals surface area contributed by atoms with Crippen LogP contribution in [0.4, 0.5) is 0 Å². The first kappa shape index (κ1) is 12.1. The number of carbonyl (C=O) groups excluding carboxylic acids is 2. The molecule has 0 saturated heterocycles. The summed E-state index contributed by atoms with van der Waals surface area (Å²) in [6, 6.07) is 0. The smallest absolute Gasteiger partial charge is 0.340 e. The molecule has 0 unspecified atom stereocenters. The van der Waals surface area contributed by atoms with E-state index < -0.39 is 0 Å². The monoisotopic (exact) mass is 271 g/mol. The highest BCUT2D eigenvalue weighted by Crippen LogP contribution is 2.48. The number of ether oxygens (including phenoxy) is 1. The predicted octanol–water partition coefficient (Wildman–Crippen LogP) is 2.78. The number of pyridine rings is 1. The van der Waals surface area contributed by atoms with E-state index in [9.17, 15) is 9.59 Å². The van der Waals surface area contributed by atoms with E-state index in [-0.39, 0.29) is 23.8 Å². The van der Waals surface area contributed by atoms with Crippen molar-refractivity contribution in [3.8, 4) is 0 Å². The van der Waals surface area contributed by atoms with E-state index >= 15 is 0 Å². The Bertz CT molecular complexity index is 656. The van der Waals surface area contributed by atoms with Crippen LogP contribution < -0.4 is 0 Å². The quantitative estimate of drug-likeness (QED) is 0.737. The molecule has 4 heteroatoms. The Morgan fingerprint density at radius 3 is 2.55 bits per heavy atom. The molecule has 1 saturated carbocycles. The maximum Gasteiger partial charge on any atom is 0.340 e. The Labute approximate surface area is 117 Å². The average Bonchev–Trinajstić information content (AvgIpc) is 3.11. The third kappa shape index (κ3) is 1.63. The van der Waals surface area contributed by atoms with Crippen LogP contribution in [0.5, 0.6) is 0 Å². The predicted molar refractivity (Wildman–Crippen MR) is 71.8 cm³/mol. The first-order valence-corrected chi connectivity index (χ1v) is 7.22. The fourth-order valence-corrected chi connectivity index (χ4v) is 3.51. The lowest BCUT2D eigenvalue weighted by Crippen LogP contribution is -2.30. The minimum absolute atomic E-state index is 0.0460. The number of hydrogen-bond acceptors (Lipinski definition) is 4. The van der Waals surface area contributed by atoms with Crippen LogP contribution in [0.25, 0.3) is 0 Å². The third-order valence-electron chi connectivity index (χ3n) is 4.48. The summed E-state index contributed by atoms with van der Waals surface area (Å²) in [5, 5.41) is 0. The summed E-state index contributed by atoms with van der Waals surface area (Å²) in [6.07, 6.45) is 3.46. The van der Waals surface area contributed by atoms with Crippen molar-refractivity contribution in [3.05, 3.63) is 28.1 Å². The Morgan fingerprint density at radius 2 is 1.85 bits per heavy atom. The van der Waals surface area contributed by atoms with Gasteiger partial charge >= 0.3 is 5.97 Å². The molecule has 4 rings (SSSR count). The molecule has 1 aliphatic heterocycles. The molecule has 0 atom stereocenters. The second-order valence-corrected chi connectivity index (χ2v) is 6.96. The first-order valence-electron chi connectivity index (χ1n) is 7.22. The number of esters is 1. The number of carbonyl (C=O) groups is 2. The van der Waals surface area contributed by atoms with Gasteiger partial charge in [0.2, 0.25) is 0 Å². The Morgan fingerprint density at radius 1 is 1.10 bits per heavy atom. The molecular formula is C16H17NO3. The van der Waals surface area contributed by atoms with Crippen molar-refractivity contribution < 1.29 is 14.3 Å². The zero-order chi connectivity index (χ0) is 14.1. The molecule has 3 aliphatic rings. The van der Waals surface area contributed by atoms with Gasteiger partial charge in [-0.3, -0.25) is 9.78 Å². The minimum Gasteiger partial charge on any atom is -0.455 e. The third-order valence-corrected chi connectivity index (χ3v) is 4.48. The minimum atomic E-state index is -0.296. The van der Waals surface area contributed by atoms with Crippen molar-refractivity contribution in [3.63, 3.8) is 0 Å². The zero-order valence-electron chi connectivity index (χ0n) is 11.8. The molecule has 1 aromatic rings. The molecule has 104 valence electrons. The molecule has 0 radical (unpaired) electrons. The molecule has 1 fully saturated rings. The highest BCUT2D eigenvalue weighted by Gasteiger charge is 2.42. The summed E-state index contributed by atoms with van der Waals surface area (Å²) in [7, 11) is 0. The van der Waals surface area contributed by atoms with Gasteiger partial charge < -0.3 is 4.74 Å². The number of rotatable bonds is 1. The summed E-state index contributed by atoms with van der Waals surface area (Å²) >= 11 is 0. The van der Waals surface area contributed by atoms with Gasteiger partial charge in [0.1, 0.15) is 6.61 Å². The van der Waals surface area contributed by atoms with E-state index in [1.54, 1.807) is 0 Å². The highest BCUT2D eigenvalue weighted by atomic mass is 16.5. The van der Waals surface area contributed by atoms with E-state index in [1.165, 1.54) is 0 Å². The van der Waals surface area contributed by atoms with Crippen LogP contribution in [-0.2, 0) is 17.8 Å². The lowest BCUT2D eigenvalue weighted by atomic mass is 9.73. The van der Waals surface area contributed by atoms with Gasteiger partial charge in [-0.05, 0) is 36.2 Å². The Balaban J connectivity index is 1.99. The second kappa shape index (κ2) is 3.68. The molecule has 2 aliphatic carbocycles. The van der Waals surface area contributed by atoms with Gasteiger partial charge in [-0.1, -0.05) is 13.8 Å². The average molecular weight is 271 g/mol. The van der Waals surface area contributed by atoms with Crippen LogP contribution in [0.1, 0.15) is 76.7 Å². The zero-order valence-corrected chi connectivity index (χ0v) is 11.8. The molecule has 0 amide bonds. The number of ketones is 1. The van der Waals surface area contributed by atoms with Crippen LogP contribution in [0, 0.1) is 5.41 Å². The molecule has 4 nitrogen and oxygen atoms in total. The van der Waals surface area contributed by atoms with Gasteiger partial charge in [0.15, 0.2) is 5.78 Å². The van der Waals surface area contributed by atoms with Gasteiger partial charge in [-0.15, -0.1) is 0 Å². The van der Waals surface area contributed by atoms with Gasteiger partial charge in [0.05, 0.1) is 17.0 Å². The van der Waals surface area contributed by atoms with Crippen molar-refractivity contribution in [2.75, 3.05) is 0 Å². The van der Waals surface area contributed by atoms with Crippen LogP contribution in [-0.4, -0.2) is 16.7 Å². The molecule has 0 bridgehead atoms. The van der Waals surface area contributed by atoms with Gasteiger partial charge in [-0.2, -0.15) is 0 Å². The summed E-state index contributed by atoms with van der Waals surface area (Å²) in [4.78, 5) is 29.1. The highest BCUT2D eigenvalue weighted by molar-refractivity contribution is 6.05. The topological polar surface area (TPSA) is 56.3 Å². The van der Waals surface area contributed by atoms with Gasteiger partial charge in [-0.25, -0.2) is 4.79 Å². The van der Waals surface area contributed by atoms with Crippen molar-refractivity contribution in [2.24, 2.45) is 5.41 Å². The lowest BCUT2D eigenvalue weighted by molar-refractivity contribution is 0.0532. The number of Topliss-reactive ketones (excluding diaryl/α,β-unsaturated/α-hetero) is 1. The number of aromatic nitrogens is 1. The van der Waals surface area contributed by atoms with E-state index in [0.717, 1.165) is 41.8 Å². The number of hydrogen-bond donors (Lipinski definition) is 0. The van der Waals surface area contributed by atoms with E-state index in [2.05, 4.69) is 18.8 Å². The van der Waals surface area contributed by atoms with Crippen molar-refractivity contribution >= 4 is 11.8 Å². The lowest BCUT2D eigenvalue weighted by Gasteiger charge is -2.31. The molecule has 0 spiro atoms. The summed E-state index contributed by atoms with van der Waals surface area (Å²) in [5.74, 6) is 0.208. The van der Waals surface area contributed by atoms with Crippen LogP contribution in [0.15, 0.2) is 0 Å². The Kier molecular flexibility index (Phi) is 2.22. The second-order valence-electron chi connectivity index (χ2n) is 6.96. The van der Waals surface area contributed by atoms with E-state index in [1.807, 2.05) is 0 Å². The van der Waals surface area contributed by atoms with E-state index in [4.69, 9.17) is 4.74 Å². The maximum absolute atomic E-state index is 12.6. The number of fused-ring (bicyclic) bond motifs is 2. The van der Waals surface area contributed by atoms with Gasteiger partial charge in [0.25, 0.3) is 0 Å². The number of nitrogens with zero attached hydrogens (tertiary/aromatic N) is 1. The molecule has 0 aromatic carbocycles. The molecule has 1 aromatic heterocycles. The van der Waals surface area contributed by atoms with E-state index in [0.29, 0.717) is 17.9 Å². The Hall–Kier alpha value is -1.71. The standard InChI is InChI=1S/C16H17NO3/c1-16(2)5-9-13(11(18)6-16)12(8-3-4-8)14-10(17-9)7-20-15(14)19/h8H,3-7H2,1-2H3. The van der Waals surface area contributed by atoms with Crippen molar-refractivity contribution in [1.82, 2.24) is 4.98 Å².